The first-order valence-corrected chi connectivity index (χ1v) is 3.86. The average Bonchev–Trinajstić information content (AvgIpc) is 1.84. The molecule has 0 spiro atoms. The van der Waals surface area contributed by atoms with E-state index in [1.165, 1.54) is 7.05 Å². The molecule has 1 atom stereocenters. The van der Waals surface area contributed by atoms with Crippen LogP contribution in [0.1, 0.15) is 13.3 Å². The van der Waals surface area contributed by atoms with Crippen LogP contribution in [0.4, 0.5) is 4.79 Å². The van der Waals surface area contributed by atoms with Crippen LogP contribution in [0.15, 0.2) is 0 Å². The predicted octanol–water partition coefficient (Wildman–Crippen LogP) is 1.82. The van der Waals surface area contributed by atoms with Gasteiger partial charge in [0.1, 0.15) is 0 Å². The Morgan fingerprint density at radius 3 is 2.27 bits per heavy atom. The Hall–Kier alpha value is -0.280. The molecule has 0 aromatic carbocycles. The molecule has 0 bridgehead atoms. The van der Waals surface area contributed by atoms with Crippen molar-refractivity contribution in [2.75, 3.05) is 7.05 Å². The van der Waals surface area contributed by atoms with Crippen LogP contribution < -0.4 is 0 Å². The Kier molecular flexibility index (Phi) is 4.45. The number of rotatable bonds is 2. The number of halogens is 2. The molecule has 1 unspecified atom stereocenters. The van der Waals surface area contributed by atoms with Crippen LogP contribution in [0.3, 0.4) is 0 Å². The lowest BCUT2D eigenvalue weighted by molar-refractivity contribution is -0.126. The Labute approximate surface area is 75.3 Å². The summed E-state index contributed by atoms with van der Waals surface area (Å²) < 4.78 is 0. The number of carbonyl (C=O) groups is 2. The molecule has 2 amide bonds. The van der Waals surface area contributed by atoms with Gasteiger partial charge < -0.3 is 0 Å². The maximum atomic E-state index is 10.9. The van der Waals surface area contributed by atoms with Crippen molar-refractivity contribution < 1.29 is 9.59 Å². The van der Waals surface area contributed by atoms with Crippen molar-refractivity contribution in [3.63, 3.8) is 0 Å². The molecule has 0 aliphatic carbocycles. The predicted molar refractivity (Wildman–Crippen MR) is 44.0 cm³/mol. The van der Waals surface area contributed by atoms with Crippen LogP contribution in [-0.2, 0) is 4.79 Å². The van der Waals surface area contributed by atoms with Crippen LogP contribution in [0.5, 0.6) is 0 Å². The zero-order valence-electron chi connectivity index (χ0n) is 6.30. The summed E-state index contributed by atoms with van der Waals surface area (Å²) in [6, 6.07) is 0. The van der Waals surface area contributed by atoms with Gasteiger partial charge in [0.05, 0.1) is 0 Å². The third-order valence-corrected chi connectivity index (χ3v) is 1.50. The van der Waals surface area contributed by atoms with Crippen molar-refractivity contribution in [2.24, 2.45) is 0 Å². The molecular formula is C6H9Cl2NO2. The molecule has 0 aromatic rings. The molecular weight excluding hydrogens is 189 g/mol. The molecule has 0 heterocycles. The molecule has 5 heteroatoms. The van der Waals surface area contributed by atoms with Crippen molar-refractivity contribution in [1.82, 2.24) is 4.90 Å². The fourth-order valence-corrected chi connectivity index (χ4v) is 0.702. The van der Waals surface area contributed by atoms with Gasteiger partial charge in [0.25, 0.3) is 0 Å². The van der Waals surface area contributed by atoms with E-state index < -0.39 is 5.37 Å². The van der Waals surface area contributed by atoms with Crippen LogP contribution in [0.2, 0.25) is 0 Å². The van der Waals surface area contributed by atoms with Gasteiger partial charge in [-0.2, -0.15) is 0 Å². The van der Waals surface area contributed by atoms with Crippen LogP contribution in [0, 0.1) is 0 Å². The lowest BCUT2D eigenvalue weighted by atomic mass is 10.3. The monoisotopic (exact) mass is 197 g/mol. The molecule has 0 N–H and O–H groups in total. The molecule has 3 nitrogen and oxygen atoms in total. The van der Waals surface area contributed by atoms with Crippen LogP contribution in [-0.4, -0.2) is 28.6 Å². The van der Waals surface area contributed by atoms with E-state index in [1.54, 1.807) is 6.92 Å². The van der Waals surface area contributed by atoms with Gasteiger partial charge >= 0.3 is 5.37 Å². The first-order chi connectivity index (χ1) is 4.95. The summed E-state index contributed by atoms with van der Waals surface area (Å²) in [5, 5.41) is -1.06. The Balaban J connectivity index is 3.93. The lowest BCUT2D eigenvalue weighted by Gasteiger charge is -2.11. The highest BCUT2D eigenvalue weighted by Crippen LogP contribution is 2.04. The summed E-state index contributed by atoms with van der Waals surface area (Å²) in [6.45, 7) is 1.67. The fraction of sp³-hybridized carbons (Fsp3) is 0.667. The zero-order valence-corrected chi connectivity index (χ0v) is 7.82. The number of hydrogen-bond acceptors (Lipinski definition) is 2. The highest BCUT2D eigenvalue weighted by molar-refractivity contribution is 6.64. The molecule has 0 aromatic heterocycles. The molecule has 64 valence electrons. The van der Waals surface area contributed by atoms with E-state index in [2.05, 4.69) is 0 Å². The van der Waals surface area contributed by atoms with Crippen molar-refractivity contribution in [3.8, 4) is 0 Å². The number of hydrogen-bond donors (Lipinski definition) is 0. The summed E-state index contributed by atoms with van der Waals surface area (Å²) in [6.07, 6.45) is 0.122. The highest BCUT2D eigenvalue weighted by atomic mass is 35.5. The first-order valence-electron chi connectivity index (χ1n) is 3.05. The number of carbonyl (C=O) groups excluding carboxylic acids is 2. The van der Waals surface area contributed by atoms with Gasteiger partial charge in [-0.1, -0.05) is 0 Å². The molecule has 0 fully saturated rings. The second kappa shape index (κ2) is 4.57. The van der Waals surface area contributed by atoms with Gasteiger partial charge in [0.15, 0.2) is 0 Å². The summed E-state index contributed by atoms with van der Waals surface area (Å²) in [4.78, 5) is 22.2. The first kappa shape index (κ1) is 10.7. The standard InChI is InChI=1S/C6H9Cl2NO2/c1-4(7)3-5(10)9(2)6(8)11/h4H,3H2,1-2H3. The fourth-order valence-electron chi connectivity index (χ4n) is 0.476. The minimum atomic E-state index is -0.785. The highest BCUT2D eigenvalue weighted by Gasteiger charge is 2.15. The number of alkyl halides is 1. The van der Waals surface area contributed by atoms with Gasteiger partial charge in [-0.05, 0) is 18.5 Å². The Morgan fingerprint density at radius 2 is 2.00 bits per heavy atom. The summed E-state index contributed by atoms with van der Waals surface area (Å²) in [7, 11) is 1.32. The van der Waals surface area contributed by atoms with E-state index in [9.17, 15) is 9.59 Å². The van der Waals surface area contributed by atoms with E-state index >= 15 is 0 Å². The quantitative estimate of drug-likeness (QED) is 0.385. The molecule has 0 aliphatic rings. The molecule has 0 aliphatic heterocycles. The summed E-state index contributed by atoms with van der Waals surface area (Å²) in [5.74, 6) is -0.368. The molecule has 0 radical (unpaired) electrons. The summed E-state index contributed by atoms with van der Waals surface area (Å²) in [5.41, 5.74) is 0. The third kappa shape index (κ3) is 4.22. The minimum Gasteiger partial charge on any atom is -0.274 e. The van der Waals surface area contributed by atoms with E-state index in [0.717, 1.165) is 4.90 Å². The minimum absolute atomic E-state index is 0.122. The number of amides is 2. The number of imide groups is 1. The lowest BCUT2D eigenvalue weighted by Crippen LogP contribution is -2.30. The molecule has 11 heavy (non-hydrogen) atoms. The van der Waals surface area contributed by atoms with Gasteiger partial charge in [0.2, 0.25) is 5.91 Å². The second-order valence-corrected chi connectivity index (χ2v) is 3.26. The smallest absolute Gasteiger partial charge is 0.274 e. The maximum Gasteiger partial charge on any atom is 0.322 e. The van der Waals surface area contributed by atoms with Gasteiger partial charge in [-0.25, -0.2) is 0 Å². The van der Waals surface area contributed by atoms with Crippen LogP contribution in [0.25, 0.3) is 0 Å². The van der Waals surface area contributed by atoms with E-state index in [4.69, 9.17) is 23.2 Å². The third-order valence-electron chi connectivity index (χ3n) is 1.09. The average molecular weight is 198 g/mol. The van der Waals surface area contributed by atoms with Crippen molar-refractivity contribution in [3.05, 3.63) is 0 Å². The van der Waals surface area contributed by atoms with E-state index in [1.807, 2.05) is 0 Å². The van der Waals surface area contributed by atoms with Gasteiger partial charge in [-0.15, -0.1) is 11.6 Å². The van der Waals surface area contributed by atoms with Gasteiger partial charge in [0, 0.05) is 18.8 Å². The van der Waals surface area contributed by atoms with Crippen molar-refractivity contribution in [2.45, 2.75) is 18.7 Å². The molecule has 0 rings (SSSR count). The Morgan fingerprint density at radius 1 is 1.55 bits per heavy atom. The second-order valence-electron chi connectivity index (χ2n) is 2.19. The van der Waals surface area contributed by atoms with Crippen molar-refractivity contribution >= 4 is 34.5 Å². The van der Waals surface area contributed by atoms with Crippen molar-refractivity contribution in [1.29, 1.82) is 0 Å². The Bertz CT molecular complexity index is 170. The normalized spacial score (nSPS) is 12.4. The van der Waals surface area contributed by atoms with Crippen LogP contribution >= 0.6 is 23.2 Å². The zero-order chi connectivity index (χ0) is 9.02. The molecule has 0 saturated carbocycles. The number of nitrogens with zero attached hydrogens (tertiary/aromatic N) is 1. The SMILES string of the molecule is CC(Cl)CC(=O)N(C)C(=O)Cl. The van der Waals surface area contributed by atoms with E-state index in [-0.39, 0.29) is 17.7 Å². The van der Waals surface area contributed by atoms with E-state index in [0.29, 0.717) is 0 Å². The summed E-state index contributed by atoms with van der Waals surface area (Å²) >= 11 is 10.5. The maximum absolute atomic E-state index is 10.9. The largest absolute Gasteiger partial charge is 0.322 e. The topological polar surface area (TPSA) is 37.4 Å². The molecule has 0 saturated heterocycles. The van der Waals surface area contributed by atoms with Gasteiger partial charge in [-0.3, -0.25) is 14.5 Å².